The molecule has 174 valence electrons. The smallest absolute Gasteiger partial charge is 0.256 e. The molecule has 0 radical (unpaired) electrons. The zero-order valence-corrected chi connectivity index (χ0v) is 20.3. The molecule has 1 saturated heterocycles. The minimum absolute atomic E-state index is 0.151. The van der Waals surface area contributed by atoms with E-state index >= 15 is 0 Å². The van der Waals surface area contributed by atoms with Crippen LogP contribution >= 0.6 is 11.3 Å². The van der Waals surface area contributed by atoms with E-state index in [9.17, 15) is 9.18 Å². The van der Waals surface area contributed by atoms with Gasteiger partial charge < -0.3 is 9.80 Å². The minimum atomic E-state index is -0.457. The van der Waals surface area contributed by atoms with E-state index in [4.69, 9.17) is 9.97 Å². The highest BCUT2D eigenvalue weighted by molar-refractivity contribution is 7.19. The van der Waals surface area contributed by atoms with Crippen LogP contribution < -0.4 is 4.90 Å². The van der Waals surface area contributed by atoms with Crippen molar-refractivity contribution in [2.45, 2.75) is 58.3 Å². The Morgan fingerprint density at radius 3 is 2.61 bits per heavy atom. The Hall–Kier alpha value is -2.54. The van der Waals surface area contributed by atoms with Gasteiger partial charge in [0.1, 0.15) is 22.3 Å². The van der Waals surface area contributed by atoms with Gasteiger partial charge in [0.05, 0.1) is 10.9 Å². The summed E-state index contributed by atoms with van der Waals surface area (Å²) in [6, 6.07) is 6.24. The fourth-order valence-corrected chi connectivity index (χ4v) is 6.15. The van der Waals surface area contributed by atoms with Crippen molar-refractivity contribution in [2.24, 2.45) is 0 Å². The van der Waals surface area contributed by atoms with E-state index in [1.54, 1.807) is 23.1 Å². The molecule has 5 nitrogen and oxygen atoms in total. The van der Waals surface area contributed by atoms with Crippen LogP contribution in [0.2, 0.25) is 0 Å². The summed E-state index contributed by atoms with van der Waals surface area (Å²) < 4.78 is 14.1. The van der Waals surface area contributed by atoms with Gasteiger partial charge in [0.25, 0.3) is 5.91 Å². The SMILES string of the molecule is CCC(C)c1nc(N2CCN(C(=O)c3ccccc3F)CC2)c2c3c(sc2n1)CCCCC3. The van der Waals surface area contributed by atoms with E-state index < -0.39 is 5.82 Å². The first-order chi connectivity index (χ1) is 16.1. The number of thiophene rings is 1. The predicted molar refractivity (Wildman–Crippen MR) is 132 cm³/mol. The number of fused-ring (bicyclic) bond motifs is 3. The lowest BCUT2D eigenvalue weighted by Crippen LogP contribution is -2.49. The standard InChI is InChI=1S/C26H31FN4OS/c1-3-17(2)23-28-24(22-19-10-5-4-6-12-21(19)33-25(22)29-23)30-13-15-31(16-14-30)26(32)18-9-7-8-11-20(18)27/h7-9,11,17H,3-6,10,12-16H2,1-2H3. The third-order valence-electron chi connectivity index (χ3n) is 7.09. The van der Waals surface area contributed by atoms with Crippen molar-refractivity contribution >= 4 is 33.3 Å². The van der Waals surface area contributed by atoms with Gasteiger partial charge in [-0.1, -0.05) is 32.4 Å². The first-order valence-corrected chi connectivity index (χ1v) is 13.0. The molecule has 0 spiro atoms. The quantitative estimate of drug-likeness (QED) is 0.471. The lowest BCUT2D eigenvalue weighted by molar-refractivity contribution is 0.0742. The van der Waals surface area contributed by atoms with E-state index in [2.05, 4.69) is 18.7 Å². The third-order valence-corrected chi connectivity index (χ3v) is 8.27. The maximum atomic E-state index is 14.1. The molecule has 33 heavy (non-hydrogen) atoms. The van der Waals surface area contributed by atoms with Crippen LogP contribution in [0.4, 0.5) is 10.2 Å². The molecule has 1 amide bonds. The topological polar surface area (TPSA) is 49.3 Å². The molecule has 1 aliphatic heterocycles. The fraction of sp³-hybridized carbons (Fsp3) is 0.500. The number of halogens is 1. The fourth-order valence-electron chi connectivity index (χ4n) is 4.89. The first-order valence-electron chi connectivity index (χ1n) is 12.2. The van der Waals surface area contributed by atoms with Gasteiger partial charge in [0.15, 0.2) is 0 Å². The van der Waals surface area contributed by atoms with Crippen molar-refractivity contribution < 1.29 is 9.18 Å². The van der Waals surface area contributed by atoms with Crippen molar-refractivity contribution in [3.63, 3.8) is 0 Å². The lowest BCUT2D eigenvalue weighted by atomic mass is 10.1. The summed E-state index contributed by atoms with van der Waals surface area (Å²) in [5.41, 5.74) is 1.60. The summed E-state index contributed by atoms with van der Waals surface area (Å²) in [5.74, 6) is 1.57. The number of hydrogen-bond donors (Lipinski definition) is 0. The van der Waals surface area contributed by atoms with Crippen LogP contribution in [-0.2, 0) is 12.8 Å². The number of aromatic nitrogens is 2. The highest BCUT2D eigenvalue weighted by atomic mass is 32.1. The highest BCUT2D eigenvalue weighted by Gasteiger charge is 2.28. The molecule has 1 atom stereocenters. The monoisotopic (exact) mass is 466 g/mol. The Morgan fingerprint density at radius 1 is 1.09 bits per heavy atom. The first kappa shape index (κ1) is 22.3. The van der Waals surface area contributed by atoms with Crippen LogP contribution in [0.1, 0.15) is 72.1 Å². The summed E-state index contributed by atoms with van der Waals surface area (Å²) in [5, 5.41) is 1.23. The summed E-state index contributed by atoms with van der Waals surface area (Å²) >= 11 is 1.85. The molecule has 3 heterocycles. The van der Waals surface area contributed by atoms with Gasteiger partial charge in [0.2, 0.25) is 0 Å². The predicted octanol–water partition coefficient (Wildman–Crippen LogP) is 5.58. The Bertz CT molecular complexity index is 1170. The number of nitrogens with zero attached hydrogens (tertiary/aromatic N) is 4. The van der Waals surface area contributed by atoms with E-state index in [1.165, 1.54) is 41.2 Å². The highest BCUT2D eigenvalue weighted by Crippen LogP contribution is 2.40. The second-order valence-corrected chi connectivity index (χ2v) is 10.3. The van der Waals surface area contributed by atoms with Crippen LogP contribution in [-0.4, -0.2) is 47.0 Å². The average molecular weight is 467 g/mol. The van der Waals surface area contributed by atoms with Gasteiger partial charge in [-0.2, -0.15) is 0 Å². The average Bonchev–Trinajstić information content (AvgIpc) is 3.03. The molecule has 1 fully saturated rings. The maximum Gasteiger partial charge on any atom is 0.256 e. The number of piperazine rings is 1. The van der Waals surface area contributed by atoms with E-state index in [1.807, 2.05) is 11.3 Å². The van der Waals surface area contributed by atoms with Crippen molar-refractivity contribution in [1.82, 2.24) is 14.9 Å². The van der Waals surface area contributed by atoms with Gasteiger partial charge in [0, 0.05) is 37.0 Å². The molecule has 7 heteroatoms. The molecule has 0 saturated carbocycles. The molecule has 0 N–H and O–H groups in total. The number of benzene rings is 1. The maximum absolute atomic E-state index is 14.1. The second-order valence-electron chi connectivity index (χ2n) is 9.22. The number of carbonyl (C=O) groups excluding carboxylic acids is 1. The summed E-state index contributed by atoms with van der Waals surface area (Å²) in [6.45, 7) is 6.87. The molecule has 5 rings (SSSR count). The van der Waals surface area contributed by atoms with Crippen LogP contribution in [0.3, 0.4) is 0 Å². The number of amides is 1. The number of rotatable bonds is 4. The zero-order chi connectivity index (χ0) is 22.9. The number of hydrogen-bond acceptors (Lipinski definition) is 5. The molecule has 1 unspecified atom stereocenters. The molecular weight excluding hydrogens is 435 g/mol. The van der Waals surface area contributed by atoms with Crippen LogP contribution in [0.15, 0.2) is 24.3 Å². The van der Waals surface area contributed by atoms with E-state index in [-0.39, 0.29) is 11.5 Å². The number of anilines is 1. The Morgan fingerprint density at radius 2 is 1.85 bits per heavy atom. The molecule has 1 aliphatic carbocycles. The van der Waals surface area contributed by atoms with Gasteiger partial charge in [-0.05, 0) is 49.8 Å². The summed E-state index contributed by atoms with van der Waals surface area (Å²) in [4.78, 5) is 29.7. The molecule has 2 aliphatic rings. The Labute approximate surface area is 198 Å². The van der Waals surface area contributed by atoms with Crippen LogP contribution in [0, 0.1) is 5.82 Å². The van der Waals surface area contributed by atoms with Crippen molar-refractivity contribution in [3.05, 3.63) is 51.9 Å². The minimum Gasteiger partial charge on any atom is -0.352 e. The molecule has 3 aromatic rings. The third kappa shape index (κ3) is 4.23. The molecule has 2 aromatic heterocycles. The molecule has 0 bridgehead atoms. The van der Waals surface area contributed by atoms with Crippen molar-refractivity contribution in [2.75, 3.05) is 31.1 Å². The lowest BCUT2D eigenvalue weighted by Gasteiger charge is -2.36. The van der Waals surface area contributed by atoms with Gasteiger partial charge in [-0.25, -0.2) is 14.4 Å². The summed E-state index contributed by atoms with van der Waals surface area (Å²) in [7, 11) is 0. The number of carbonyl (C=O) groups is 1. The van der Waals surface area contributed by atoms with Crippen LogP contribution in [0.5, 0.6) is 0 Å². The summed E-state index contributed by atoms with van der Waals surface area (Å²) in [6.07, 6.45) is 6.98. The van der Waals surface area contributed by atoms with Crippen molar-refractivity contribution in [1.29, 1.82) is 0 Å². The molecular formula is C26H31FN4OS. The molecule has 1 aromatic carbocycles. The zero-order valence-electron chi connectivity index (χ0n) is 19.4. The Balaban J connectivity index is 1.46. The van der Waals surface area contributed by atoms with Gasteiger partial charge >= 0.3 is 0 Å². The second kappa shape index (κ2) is 9.37. The van der Waals surface area contributed by atoms with E-state index in [0.29, 0.717) is 32.1 Å². The van der Waals surface area contributed by atoms with Crippen LogP contribution in [0.25, 0.3) is 10.2 Å². The van der Waals surface area contributed by atoms with Gasteiger partial charge in [-0.3, -0.25) is 4.79 Å². The van der Waals surface area contributed by atoms with Gasteiger partial charge in [-0.15, -0.1) is 11.3 Å². The van der Waals surface area contributed by atoms with E-state index in [0.717, 1.165) is 35.7 Å². The largest absolute Gasteiger partial charge is 0.352 e. The van der Waals surface area contributed by atoms with Crippen molar-refractivity contribution in [3.8, 4) is 0 Å². The normalized spacial score (nSPS) is 17.7. The Kier molecular flexibility index (Phi) is 6.32. The number of aryl methyl sites for hydroxylation is 2.